The van der Waals surface area contributed by atoms with Crippen molar-refractivity contribution in [2.45, 2.75) is 24.0 Å². The standard InChI is InChI=1S/C18H15Cl2NO4S/c1-11-7-9-13(10-8-11)26(23,24)21-16(12-5-3-2-4-6-12)17-14(19)15(20)18(22)25-17/h2-10,16-17,21H,1H3/t16-,17-/m1/s1. The fourth-order valence-corrected chi connectivity index (χ4v) is 4.20. The Kier molecular flexibility index (Phi) is 5.39. The zero-order valence-corrected chi connectivity index (χ0v) is 16.0. The fourth-order valence-electron chi connectivity index (χ4n) is 2.57. The van der Waals surface area contributed by atoms with Gasteiger partial charge in [-0.05, 0) is 24.6 Å². The van der Waals surface area contributed by atoms with E-state index in [1.807, 2.05) is 6.92 Å². The van der Waals surface area contributed by atoms with Crippen LogP contribution in [0.5, 0.6) is 0 Å². The highest BCUT2D eigenvalue weighted by Crippen LogP contribution is 2.36. The van der Waals surface area contributed by atoms with Gasteiger partial charge < -0.3 is 4.74 Å². The monoisotopic (exact) mass is 411 g/mol. The summed E-state index contributed by atoms with van der Waals surface area (Å²) < 4.78 is 33.4. The number of rotatable bonds is 5. The molecule has 1 N–H and O–H groups in total. The minimum Gasteiger partial charge on any atom is -0.450 e. The molecule has 0 spiro atoms. The minimum atomic E-state index is -3.89. The molecule has 2 aromatic carbocycles. The van der Waals surface area contributed by atoms with Crippen LogP contribution in [-0.2, 0) is 19.6 Å². The zero-order valence-electron chi connectivity index (χ0n) is 13.6. The van der Waals surface area contributed by atoms with Crippen molar-refractivity contribution in [3.63, 3.8) is 0 Å². The molecule has 2 atom stereocenters. The third-order valence-electron chi connectivity index (χ3n) is 3.95. The third-order valence-corrected chi connectivity index (χ3v) is 6.26. The van der Waals surface area contributed by atoms with Crippen molar-refractivity contribution in [3.8, 4) is 0 Å². The number of hydrogen-bond donors (Lipinski definition) is 1. The molecule has 0 bridgehead atoms. The quantitative estimate of drug-likeness (QED) is 0.762. The second kappa shape index (κ2) is 7.40. The van der Waals surface area contributed by atoms with Crippen LogP contribution in [0.3, 0.4) is 0 Å². The first-order valence-electron chi connectivity index (χ1n) is 7.69. The molecule has 8 heteroatoms. The molecule has 5 nitrogen and oxygen atoms in total. The molecule has 136 valence electrons. The van der Waals surface area contributed by atoms with E-state index in [9.17, 15) is 13.2 Å². The summed E-state index contributed by atoms with van der Waals surface area (Å²) in [5.74, 6) is -0.780. The first-order valence-corrected chi connectivity index (χ1v) is 9.93. The predicted octanol–water partition coefficient (Wildman–Crippen LogP) is 3.63. The van der Waals surface area contributed by atoms with Crippen LogP contribution in [0.2, 0.25) is 0 Å². The van der Waals surface area contributed by atoms with Gasteiger partial charge >= 0.3 is 5.97 Å². The van der Waals surface area contributed by atoms with Crippen LogP contribution in [0, 0.1) is 6.92 Å². The molecule has 0 aliphatic carbocycles. The van der Waals surface area contributed by atoms with Gasteiger partial charge in [0.05, 0.1) is 16.0 Å². The summed E-state index contributed by atoms with van der Waals surface area (Å²) in [6.45, 7) is 1.86. The van der Waals surface area contributed by atoms with E-state index in [-0.39, 0.29) is 15.0 Å². The van der Waals surface area contributed by atoms with Crippen LogP contribution in [0.1, 0.15) is 17.2 Å². The molecule has 0 unspecified atom stereocenters. The number of carbonyl (C=O) groups excluding carboxylic acids is 1. The van der Waals surface area contributed by atoms with E-state index >= 15 is 0 Å². The number of ether oxygens (including phenoxy) is 1. The lowest BCUT2D eigenvalue weighted by Crippen LogP contribution is -2.37. The molecular weight excluding hydrogens is 397 g/mol. The molecule has 1 aliphatic rings. The Labute approximate surface area is 161 Å². The Morgan fingerprint density at radius 2 is 1.65 bits per heavy atom. The van der Waals surface area contributed by atoms with Gasteiger partial charge in [0.15, 0.2) is 6.10 Å². The van der Waals surface area contributed by atoms with Gasteiger partial charge in [0.25, 0.3) is 0 Å². The lowest BCUT2D eigenvalue weighted by Gasteiger charge is -2.24. The Hall–Kier alpha value is -1.86. The highest BCUT2D eigenvalue weighted by Gasteiger charge is 2.40. The molecule has 0 radical (unpaired) electrons. The van der Waals surface area contributed by atoms with E-state index in [0.29, 0.717) is 5.56 Å². The van der Waals surface area contributed by atoms with Gasteiger partial charge in [-0.3, -0.25) is 0 Å². The first kappa shape index (κ1) is 18.9. The maximum Gasteiger partial charge on any atom is 0.351 e. The number of sulfonamides is 1. The Morgan fingerprint density at radius 1 is 1.04 bits per heavy atom. The van der Waals surface area contributed by atoms with Crippen molar-refractivity contribution < 1.29 is 17.9 Å². The van der Waals surface area contributed by atoms with Crippen molar-refractivity contribution in [2.24, 2.45) is 0 Å². The largest absolute Gasteiger partial charge is 0.450 e. The van der Waals surface area contributed by atoms with E-state index < -0.39 is 28.1 Å². The van der Waals surface area contributed by atoms with Gasteiger partial charge in [-0.2, -0.15) is 4.72 Å². The number of cyclic esters (lactones) is 1. The van der Waals surface area contributed by atoms with Gasteiger partial charge in [-0.1, -0.05) is 71.2 Å². The average Bonchev–Trinajstić information content (AvgIpc) is 2.88. The first-order chi connectivity index (χ1) is 12.3. The van der Waals surface area contributed by atoms with Gasteiger partial charge in [0.1, 0.15) is 5.03 Å². The number of aryl methyl sites for hydroxylation is 1. The number of esters is 1. The Balaban J connectivity index is 2.00. The van der Waals surface area contributed by atoms with Gasteiger partial charge in [-0.25, -0.2) is 13.2 Å². The fraction of sp³-hybridized carbons (Fsp3) is 0.167. The molecule has 1 heterocycles. The van der Waals surface area contributed by atoms with E-state index in [1.54, 1.807) is 42.5 Å². The van der Waals surface area contributed by atoms with Gasteiger partial charge in [0, 0.05) is 0 Å². The van der Waals surface area contributed by atoms with Crippen molar-refractivity contribution in [2.75, 3.05) is 0 Å². The highest BCUT2D eigenvalue weighted by molar-refractivity contribution is 7.89. The van der Waals surface area contributed by atoms with Crippen molar-refractivity contribution in [1.82, 2.24) is 4.72 Å². The summed E-state index contributed by atoms with van der Waals surface area (Å²) in [5.41, 5.74) is 1.52. The summed E-state index contributed by atoms with van der Waals surface area (Å²) >= 11 is 12.0. The lowest BCUT2D eigenvalue weighted by atomic mass is 10.0. The van der Waals surface area contributed by atoms with Gasteiger partial charge in [0.2, 0.25) is 10.0 Å². The van der Waals surface area contributed by atoms with E-state index in [4.69, 9.17) is 27.9 Å². The van der Waals surface area contributed by atoms with E-state index in [1.165, 1.54) is 12.1 Å². The molecule has 0 fully saturated rings. The second-order valence-electron chi connectivity index (χ2n) is 5.81. The Morgan fingerprint density at radius 3 is 2.19 bits per heavy atom. The van der Waals surface area contributed by atoms with E-state index in [0.717, 1.165) is 5.56 Å². The number of carbonyl (C=O) groups is 1. The molecule has 0 aromatic heterocycles. The normalized spacial score (nSPS) is 18.7. The van der Waals surface area contributed by atoms with Crippen LogP contribution in [-0.4, -0.2) is 20.5 Å². The third kappa shape index (κ3) is 3.78. The topological polar surface area (TPSA) is 72.5 Å². The summed E-state index contributed by atoms with van der Waals surface area (Å²) in [5, 5.41) is -0.274. The van der Waals surface area contributed by atoms with Crippen LogP contribution in [0.25, 0.3) is 0 Å². The van der Waals surface area contributed by atoms with Crippen molar-refractivity contribution in [3.05, 3.63) is 75.8 Å². The van der Waals surface area contributed by atoms with Crippen LogP contribution in [0.4, 0.5) is 0 Å². The number of nitrogens with one attached hydrogen (secondary N) is 1. The maximum absolute atomic E-state index is 12.8. The summed E-state index contributed by atoms with van der Waals surface area (Å²) in [4.78, 5) is 11.8. The SMILES string of the molecule is Cc1ccc(S(=O)(=O)N[C@H](c2ccccc2)[C@@H]2OC(=O)C(Cl)=C2Cl)cc1. The van der Waals surface area contributed by atoms with Gasteiger partial charge in [-0.15, -0.1) is 0 Å². The molecule has 0 saturated heterocycles. The Bertz CT molecular complexity index is 956. The van der Waals surface area contributed by atoms with E-state index in [2.05, 4.69) is 4.72 Å². The van der Waals surface area contributed by atoms with Crippen molar-refractivity contribution >= 4 is 39.2 Å². The smallest absolute Gasteiger partial charge is 0.351 e. The average molecular weight is 412 g/mol. The number of benzene rings is 2. The van der Waals surface area contributed by atoms with Crippen molar-refractivity contribution in [1.29, 1.82) is 0 Å². The van der Waals surface area contributed by atoms with Crippen LogP contribution < -0.4 is 4.72 Å². The molecule has 0 saturated carbocycles. The second-order valence-corrected chi connectivity index (χ2v) is 8.31. The molecule has 2 aromatic rings. The van der Waals surface area contributed by atoms with Crippen LogP contribution in [0.15, 0.2) is 69.6 Å². The molecular formula is C18H15Cl2NO4S. The lowest BCUT2D eigenvalue weighted by molar-refractivity contribution is -0.140. The summed E-state index contributed by atoms with van der Waals surface area (Å²) in [6, 6.07) is 14.2. The molecule has 26 heavy (non-hydrogen) atoms. The molecule has 1 aliphatic heterocycles. The summed E-state index contributed by atoms with van der Waals surface area (Å²) in [7, 11) is -3.89. The molecule has 3 rings (SSSR count). The van der Waals surface area contributed by atoms with Crippen LogP contribution >= 0.6 is 23.2 Å². The molecule has 0 amide bonds. The summed E-state index contributed by atoms with van der Waals surface area (Å²) in [6.07, 6.45) is -1.04. The maximum atomic E-state index is 12.8. The highest BCUT2D eigenvalue weighted by atomic mass is 35.5. The number of hydrogen-bond acceptors (Lipinski definition) is 4. The number of halogens is 2. The predicted molar refractivity (Wildman–Crippen MR) is 99.3 cm³/mol. The zero-order chi connectivity index (χ0) is 18.9. The minimum absolute atomic E-state index is 0.0304.